The van der Waals surface area contributed by atoms with E-state index >= 15 is 0 Å². The number of aromatic amines is 1. The van der Waals surface area contributed by atoms with Crippen LogP contribution in [0.25, 0.3) is 10.9 Å². The van der Waals surface area contributed by atoms with Gasteiger partial charge in [-0.05, 0) is 37.1 Å². The highest BCUT2D eigenvalue weighted by molar-refractivity contribution is 6.16. The molecule has 1 amide bonds. The van der Waals surface area contributed by atoms with E-state index in [2.05, 4.69) is 25.6 Å². The summed E-state index contributed by atoms with van der Waals surface area (Å²) < 4.78 is 43.4. The van der Waals surface area contributed by atoms with Crippen LogP contribution in [0.4, 0.5) is 11.6 Å². The summed E-state index contributed by atoms with van der Waals surface area (Å²) in [5.74, 6) is 0.700. The number of fused-ring (bicyclic) bond motifs is 1. The van der Waals surface area contributed by atoms with Gasteiger partial charge in [0.1, 0.15) is 23.7 Å². The first-order chi connectivity index (χ1) is 26.5. The Morgan fingerprint density at radius 1 is 0.722 bits per heavy atom. The van der Waals surface area contributed by atoms with E-state index in [9.17, 15) is 9.90 Å². The third-order valence-electron chi connectivity index (χ3n) is 7.56. The van der Waals surface area contributed by atoms with Crippen molar-refractivity contribution in [2.24, 2.45) is 5.73 Å². The van der Waals surface area contributed by atoms with E-state index in [0.29, 0.717) is 142 Å². The van der Waals surface area contributed by atoms with Gasteiger partial charge >= 0.3 is 0 Å². The molecule has 54 heavy (non-hydrogen) atoms. The summed E-state index contributed by atoms with van der Waals surface area (Å²) in [4.78, 5) is 23.7. The van der Waals surface area contributed by atoms with E-state index in [0.717, 1.165) is 23.7 Å². The van der Waals surface area contributed by atoms with E-state index in [1.807, 2.05) is 0 Å². The Morgan fingerprint density at radius 3 is 1.80 bits per heavy atom. The second-order valence-electron chi connectivity index (χ2n) is 11.7. The zero-order valence-corrected chi connectivity index (χ0v) is 31.1. The summed E-state index contributed by atoms with van der Waals surface area (Å²) in [5.41, 5.74) is 13.3. The van der Waals surface area contributed by atoms with Crippen molar-refractivity contribution in [2.75, 3.05) is 136 Å². The van der Waals surface area contributed by atoms with Gasteiger partial charge in [0.2, 0.25) is 5.91 Å². The zero-order chi connectivity index (χ0) is 38.5. The number of nitrogens with one attached hydrogen (secondary N) is 4. The second-order valence-corrected chi connectivity index (χ2v) is 11.7. The van der Waals surface area contributed by atoms with Gasteiger partial charge in [0.15, 0.2) is 0 Å². The third kappa shape index (κ3) is 18.9. The first-order valence-electron chi connectivity index (χ1n) is 18.3. The molecule has 0 spiro atoms. The predicted molar refractivity (Wildman–Crippen MR) is 203 cm³/mol. The quantitative estimate of drug-likeness (QED) is 0.0336. The molecule has 9 N–H and O–H groups in total. The van der Waals surface area contributed by atoms with E-state index in [-0.39, 0.29) is 29.6 Å². The Kier molecular flexibility index (Phi) is 23.4. The summed E-state index contributed by atoms with van der Waals surface area (Å²) in [6.07, 6.45) is 3.12. The average Bonchev–Trinajstić information content (AvgIpc) is 3.59. The van der Waals surface area contributed by atoms with Gasteiger partial charge in [0, 0.05) is 37.0 Å². The number of phenols is 1. The van der Waals surface area contributed by atoms with Crippen LogP contribution in [0.5, 0.6) is 5.75 Å². The number of nitrogen functional groups attached to an aromatic ring is 1. The molecule has 302 valence electrons. The average molecular weight is 763 g/mol. The summed E-state index contributed by atoms with van der Waals surface area (Å²) in [5, 5.41) is 25.4. The Morgan fingerprint density at radius 2 is 1.24 bits per heavy atom. The van der Waals surface area contributed by atoms with Crippen LogP contribution >= 0.6 is 0 Å². The number of hydrogen-bond donors (Lipinski definition) is 7. The van der Waals surface area contributed by atoms with Crippen molar-refractivity contribution in [2.45, 2.75) is 19.3 Å². The van der Waals surface area contributed by atoms with E-state index < -0.39 is 0 Å². The maximum atomic E-state index is 12.1. The van der Waals surface area contributed by atoms with Gasteiger partial charge in [-0.2, -0.15) is 0 Å². The topological polar surface area (TPSA) is 253 Å². The van der Waals surface area contributed by atoms with Gasteiger partial charge in [-0.15, -0.1) is 0 Å². The minimum Gasteiger partial charge on any atom is -0.508 e. The summed E-state index contributed by atoms with van der Waals surface area (Å²) in [7, 11) is 0. The fourth-order valence-corrected chi connectivity index (χ4v) is 4.83. The Labute approximate surface area is 316 Å². The summed E-state index contributed by atoms with van der Waals surface area (Å²) >= 11 is 0. The van der Waals surface area contributed by atoms with Crippen LogP contribution in [0.2, 0.25) is 0 Å². The number of nitrogens with two attached hydrogens (primary N) is 2. The molecule has 0 fully saturated rings. The van der Waals surface area contributed by atoms with Crippen molar-refractivity contribution < 1.29 is 47.8 Å². The van der Waals surface area contributed by atoms with Gasteiger partial charge in [0.25, 0.3) is 0 Å². The molecule has 3 aromatic rings. The van der Waals surface area contributed by atoms with Crippen LogP contribution in [-0.2, 0) is 42.7 Å². The molecule has 3 rings (SSSR count). The highest BCUT2D eigenvalue weighted by Gasteiger charge is 2.18. The molecule has 0 aliphatic heterocycles. The maximum absolute atomic E-state index is 12.1. The van der Waals surface area contributed by atoms with Gasteiger partial charge in [-0.1, -0.05) is 0 Å². The van der Waals surface area contributed by atoms with Crippen LogP contribution in [-0.4, -0.2) is 157 Å². The first-order valence-corrected chi connectivity index (χ1v) is 18.3. The normalized spacial score (nSPS) is 11.4. The maximum Gasteiger partial charge on any atom is 0.222 e. The van der Waals surface area contributed by atoms with E-state index in [4.69, 9.17) is 54.8 Å². The number of amides is 1. The number of benzene rings is 1. The fraction of sp³-hybridized carbons (Fsp3) is 0.611. The molecule has 0 atom stereocenters. The van der Waals surface area contributed by atoms with Crippen molar-refractivity contribution >= 4 is 34.2 Å². The molecule has 0 saturated carbocycles. The van der Waals surface area contributed by atoms with E-state index in [1.165, 1.54) is 6.33 Å². The van der Waals surface area contributed by atoms with Crippen LogP contribution < -0.4 is 22.1 Å². The standard InChI is InChI=1S/C36H58N8O10/c37-6-10-48-12-14-50-16-18-52-20-22-54-24-23-53-21-19-51-17-15-49-13-11-47-9-5-32(46)40-7-1-2-8-41-36-33(35(39)42-27-43-36)34(38)31-26-28-25-29(45)3-4-30(28)44-31/h3-4,25-27,38,44-45H,1-2,5-24,37H2,(H,40,46)(H3,39,41,42,43). The number of aromatic nitrogens is 3. The smallest absolute Gasteiger partial charge is 0.222 e. The number of H-pyrrole nitrogens is 1. The Hall–Kier alpha value is -3.98. The number of anilines is 2. The lowest BCUT2D eigenvalue weighted by molar-refractivity contribution is -0.122. The molecule has 0 unspecified atom stereocenters. The molecule has 0 aliphatic carbocycles. The van der Waals surface area contributed by atoms with Crippen LogP contribution in [0.1, 0.15) is 30.5 Å². The van der Waals surface area contributed by atoms with Crippen molar-refractivity contribution in [3.63, 3.8) is 0 Å². The molecule has 0 radical (unpaired) electrons. The Bertz CT molecular complexity index is 1460. The fourth-order valence-electron chi connectivity index (χ4n) is 4.83. The van der Waals surface area contributed by atoms with Crippen LogP contribution in [0.15, 0.2) is 30.6 Å². The number of hydrogen-bond acceptors (Lipinski definition) is 16. The molecular weight excluding hydrogens is 704 g/mol. The lowest BCUT2D eigenvalue weighted by Gasteiger charge is -2.13. The minimum absolute atomic E-state index is 0.0792. The molecule has 2 heterocycles. The first kappa shape index (κ1) is 44.4. The number of nitrogens with zero attached hydrogens (tertiary/aromatic N) is 2. The number of unbranched alkanes of at least 4 members (excludes halogenated alkanes) is 1. The van der Waals surface area contributed by atoms with Gasteiger partial charge in [-0.3, -0.25) is 10.2 Å². The van der Waals surface area contributed by atoms with Crippen LogP contribution in [0.3, 0.4) is 0 Å². The summed E-state index contributed by atoms with van der Waals surface area (Å²) in [6.45, 7) is 9.17. The van der Waals surface area contributed by atoms with Gasteiger partial charge < -0.3 is 70.1 Å². The number of carbonyl (C=O) groups is 1. The number of aromatic hydroxyl groups is 1. The minimum atomic E-state index is -0.0792. The lowest BCUT2D eigenvalue weighted by Crippen LogP contribution is -2.26. The van der Waals surface area contributed by atoms with Crippen molar-refractivity contribution in [3.8, 4) is 5.75 Å². The SMILES string of the molecule is N=C(c1cc2cc(O)ccc2[nH]1)c1c(N)ncnc1NCCCCNC(=O)CCOCCOCCOCCOCCOCCOCCOCCOCCN. The molecule has 0 saturated heterocycles. The molecule has 18 heteroatoms. The Balaban J connectivity index is 1.06. The van der Waals surface area contributed by atoms with E-state index in [1.54, 1.807) is 24.3 Å². The molecule has 0 bridgehead atoms. The third-order valence-corrected chi connectivity index (χ3v) is 7.56. The second kappa shape index (κ2) is 28.5. The van der Waals surface area contributed by atoms with Crippen molar-refractivity contribution in [1.29, 1.82) is 5.41 Å². The monoisotopic (exact) mass is 762 g/mol. The number of rotatable bonds is 34. The largest absolute Gasteiger partial charge is 0.508 e. The number of carbonyl (C=O) groups excluding carboxylic acids is 1. The molecule has 18 nitrogen and oxygen atoms in total. The zero-order valence-electron chi connectivity index (χ0n) is 31.1. The highest BCUT2D eigenvalue weighted by Crippen LogP contribution is 2.25. The lowest BCUT2D eigenvalue weighted by atomic mass is 10.1. The molecular formula is C36H58N8O10. The highest BCUT2D eigenvalue weighted by atomic mass is 16.6. The molecule has 0 aliphatic rings. The summed E-state index contributed by atoms with van der Waals surface area (Å²) in [6, 6.07) is 6.72. The number of phenolic OH excluding ortho intramolecular Hbond substituents is 1. The van der Waals surface area contributed by atoms with Gasteiger partial charge in [-0.25, -0.2) is 9.97 Å². The van der Waals surface area contributed by atoms with Crippen molar-refractivity contribution in [3.05, 3.63) is 41.9 Å². The molecule has 1 aromatic carbocycles. The van der Waals surface area contributed by atoms with Crippen molar-refractivity contribution in [1.82, 2.24) is 20.3 Å². The predicted octanol–water partition coefficient (Wildman–Crippen LogP) is 1.45. The number of ether oxygens (including phenoxy) is 8. The van der Waals surface area contributed by atoms with Crippen LogP contribution in [0, 0.1) is 5.41 Å². The molecule has 2 aromatic heterocycles. The van der Waals surface area contributed by atoms with Gasteiger partial charge in [0.05, 0.1) is 123 Å².